The van der Waals surface area contributed by atoms with Gasteiger partial charge in [0.1, 0.15) is 18.1 Å². The molecule has 0 radical (unpaired) electrons. The van der Waals surface area contributed by atoms with Gasteiger partial charge < -0.3 is 37.4 Å². The van der Waals surface area contributed by atoms with E-state index >= 15 is 0 Å². The number of hydrogen-bond donors (Lipinski definition) is 5. The first kappa shape index (κ1) is 25.5. The number of rotatable bonds is 11. The Morgan fingerprint density at radius 3 is 2.22 bits per heavy atom. The highest BCUT2D eigenvalue weighted by Crippen LogP contribution is 2.26. The molecule has 32 heavy (non-hydrogen) atoms. The van der Waals surface area contributed by atoms with Crippen molar-refractivity contribution in [2.24, 2.45) is 17.2 Å². The number of hydrogen-bond acceptors (Lipinski definition) is 7. The minimum atomic E-state index is -1.46. The number of carboxylic acids is 1. The van der Waals surface area contributed by atoms with Gasteiger partial charge in [-0.25, -0.2) is 4.79 Å². The smallest absolute Gasteiger partial charge is 0.326 e. The normalized spacial score (nSPS) is 22.4. The zero-order chi connectivity index (χ0) is 23.8. The average Bonchev–Trinajstić information content (AvgIpc) is 3.41. The molecule has 180 valence electrons. The Labute approximate surface area is 186 Å². The Balaban J connectivity index is 2.05. The van der Waals surface area contributed by atoms with Crippen LogP contribution in [0.4, 0.5) is 0 Å². The summed E-state index contributed by atoms with van der Waals surface area (Å²) in [5, 5.41) is 11.5. The predicted octanol–water partition coefficient (Wildman–Crippen LogP) is -2.13. The third-order valence-corrected chi connectivity index (χ3v) is 5.97. The Morgan fingerprint density at radius 1 is 1.00 bits per heavy atom. The highest BCUT2D eigenvalue weighted by atomic mass is 16.4. The van der Waals surface area contributed by atoms with Gasteiger partial charge in [0.25, 0.3) is 0 Å². The Kier molecular flexibility index (Phi) is 9.39. The lowest BCUT2D eigenvalue weighted by atomic mass is 10.1. The van der Waals surface area contributed by atoms with Crippen LogP contribution in [0.1, 0.15) is 51.4 Å². The first-order chi connectivity index (χ1) is 15.2. The number of carbonyl (C=O) groups is 5. The van der Waals surface area contributed by atoms with E-state index in [1.54, 1.807) is 0 Å². The van der Waals surface area contributed by atoms with Gasteiger partial charge in [-0.15, -0.1) is 0 Å². The molecule has 12 heteroatoms. The lowest BCUT2D eigenvalue weighted by molar-refractivity contribution is -0.148. The van der Waals surface area contributed by atoms with Crippen LogP contribution in [0.15, 0.2) is 0 Å². The lowest BCUT2D eigenvalue weighted by Gasteiger charge is -2.32. The maximum atomic E-state index is 13.3. The second-order valence-electron chi connectivity index (χ2n) is 8.34. The van der Waals surface area contributed by atoms with Gasteiger partial charge in [0.05, 0.1) is 12.5 Å². The largest absolute Gasteiger partial charge is 0.480 e. The molecule has 2 saturated heterocycles. The summed E-state index contributed by atoms with van der Waals surface area (Å²) < 4.78 is 0. The highest BCUT2D eigenvalue weighted by molar-refractivity contribution is 5.95. The minimum Gasteiger partial charge on any atom is -0.480 e. The quantitative estimate of drug-likeness (QED) is 0.218. The van der Waals surface area contributed by atoms with Crippen molar-refractivity contribution in [2.75, 3.05) is 19.6 Å². The van der Waals surface area contributed by atoms with E-state index in [4.69, 9.17) is 17.2 Å². The van der Waals surface area contributed by atoms with Crippen LogP contribution >= 0.6 is 0 Å². The van der Waals surface area contributed by atoms with Crippen molar-refractivity contribution < 1.29 is 29.1 Å². The fourth-order valence-electron chi connectivity index (χ4n) is 4.30. The molecule has 0 bridgehead atoms. The second kappa shape index (κ2) is 11.8. The summed E-state index contributed by atoms with van der Waals surface area (Å²) in [7, 11) is 0. The van der Waals surface area contributed by atoms with Crippen molar-refractivity contribution in [1.29, 1.82) is 0 Å². The monoisotopic (exact) mass is 454 g/mol. The summed E-state index contributed by atoms with van der Waals surface area (Å²) in [5.74, 6) is -3.53. The Hall–Kier alpha value is -2.73. The molecule has 0 spiro atoms. The van der Waals surface area contributed by atoms with E-state index in [-0.39, 0.29) is 11.8 Å². The number of nitrogens with one attached hydrogen (secondary N) is 1. The van der Waals surface area contributed by atoms with E-state index in [1.807, 2.05) is 0 Å². The van der Waals surface area contributed by atoms with Crippen molar-refractivity contribution in [2.45, 2.75) is 75.5 Å². The number of aliphatic carboxylic acids is 1. The van der Waals surface area contributed by atoms with Crippen LogP contribution in [0.2, 0.25) is 0 Å². The summed E-state index contributed by atoms with van der Waals surface area (Å²) >= 11 is 0. The zero-order valence-electron chi connectivity index (χ0n) is 18.2. The molecule has 0 saturated carbocycles. The van der Waals surface area contributed by atoms with E-state index < -0.39 is 48.4 Å². The van der Waals surface area contributed by atoms with Gasteiger partial charge in [-0.05, 0) is 45.1 Å². The second-order valence-corrected chi connectivity index (χ2v) is 8.34. The fourth-order valence-corrected chi connectivity index (χ4v) is 4.30. The molecule has 4 unspecified atom stereocenters. The van der Waals surface area contributed by atoms with Crippen LogP contribution in [0, 0.1) is 0 Å². The van der Waals surface area contributed by atoms with Crippen LogP contribution in [-0.2, 0) is 24.0 Å². The van der Waals surface area contributed by atoms with Crippen LogP contribution < -0.4 is 22.5 Å². The van der Waals surface area contributed by atoms with E-state index in [0.717, 1.165) is 12.8 Å². The molecule has 0 aromatic heterocycles. The third-order valence-electron chi connectivity index (χ3n) is 5.97. The van der Waals surface area contributed by atoms with Crippen LogP contribution in [-0.4, -0.2) is 88.3 Å². The number of nitrogens with two attached hydrogens (primary N) is 3. The molecule has 2 rings (SSSR count). The molecule has 4 atom stereocenters. The SMILES string of the molecule is NCCCCC(N)C(=O)N1CCCC1C(=O)N1CCCC1C(=O)NC(CC(N)=O)C(=O)O. The number of carboxylic acid groups (broad SMARTS) is 1. The molecule has 2 heterocycles. The van der Waals surface area contributed by atoms with Gasteiger partial charge in [-0.2, -0.15) is 0 Å². The van der Waals surface area contributed by atoms with E-state index in [2.05, 4.69) is 5.32 Å². The maximum Gasteiger partial charge on any atom is 0.326 e. The zero-order valence-corrected chi connectivity index (χ0v) is 18.2. The van der Waals surface area contributed by atoms with Crippen molar-refractivity contribution >= 4 is 29.6 Å². The average molecular weight is 455 g/mol. The molecule has 4 amide bonds. The molecule has 12 nitrogen and oxygen atoms in total. The minimum absolute atomic E-state index is 0.287. The van der Waals surface area contributed by atoms with Crippen molar-refractivity contribution in [3.05, 3.63) is 0 Å². The summed E-state index contributed by atoms with van der Waals surface area (Å²) in [6.45, 7) is 1.27. The Morgan fingerprint density at radius 2 is 1.62 bits per heavy atom. The van der Waals surface area contributed by atoms with E-state index in [0.29, 0.717) is 51.7 Å². The predicted molar refractivity (Wildman–Crippen MR) is 114 cm³/mol. The van der Waals surface area contributed by atoms with Gasteiger partial charge in [-0.1, -0.05) is 6.42 Å². The number of carbonyl (C=O) groups excluding carboxylic acids is 4. The number of likely N-dealkylation sites (tertiary alicyclic amines) is 2. The molecular weight excluding hydrogens is 420 g/mol. The third kappa shape index (κ3) is 6.39. The van der Waals surface area contributed by atoms with Gasteiger partial charge in [-0.3, -0.25) is 19.2 Å². The van der Waals surface area contributed by atoms with E-state index in [9.17, 15) is 29.1 Å². The molecule has 0 aliphatic carbocycles. The molecule has 2 fully saturated rings. The molecular formula is C20H34N6O6. The molecule has 8 N–H and O–H groups in total. The lowest BCUT2D eigenvalue weighted by Crippen LogP contribution is -2.56. The van der Waals surface area contributed by atoms with Crippen molar-refractivity contribution in [1.82, 2.24) is 15.1 Å². The van der Waals surface area contributed by atoms with Crippen LogP contribution in [0.3, 0.4) is 0 Å². The van der Waals surface area contributed by atoms with Crippen LogP contribution in [0.25, 0.3) is 0 Å². The van der Waals surface area contributed by atoms with Gasteiger partial charge in [0.2, 0.25) is 23.6 Å². The summed E-state index contributed by atoms with van der Waals surface area (Å²) in [6, 6.07) is -3.74. The number of unbranched alkanes of at least 4 members (excludes halogenated alkanes) is 1. The first-order valence-corrected chi connectivity index (χ1v) is 11.1. The fraction of sp³-hybridized carbons (Fsp3) is 0.750. The van der Waals surface area contributed by atoms with Crippen molar-refractivity contribution in [3.63, 3.8) is 0 Å². The maximum absolute atomic E-state index is 13.3. The van der Waals surface area contributed by atoms with Crippen LogP contribution in [0.5, 0.6) is 0 Å². The van der Waals surface area contributed by atoms with Crippen molar-refractivity contribution in [3.8, 4) is 0 Å². The van der Waals surface area contributed by atoms with Gasteiger partial charge in [0, 0.05) is 13.1 Å². The highest BCUT2D eigenvalue weighted by Gasteiger charge is 2.43. The molecule has 2 aliphatic heterocycles. The first-order valence-electron chi connectivity index (χ1n) is 11.1. The topological polar surface area (TPSA) is 202 Å². The van der Waals surface area contributed by atoms with E-state index in [1.165, 1.54) is 9.80 Å². The number of primary amides is 1. The summed E-state index contributed by atoms with van der Waals surface area (Å²) in [5.41, 5.74) is 16.6. The Bertz CT molecular complexity index is 731. The van der Waals surface area contributed by atoms with Gasteiger partial charge >= 0.3 is 5.97 Å². The summed E-state index contributed by atoms with van der Waals surface area (Å²) in [4.78, 5) is 64.1. The van der Waals surface area contributed by atoms with Gasteiger partial charge in [0.15, 0.2) is 0 Å². The number of nitrogens with zero attached hydrogens (tertiary/aromatic N) is 2. The standard InChI is InChI=1S/C20H34N6O6/c21-8-2-1-5-12(22)18(29)26-10-4-7-15(26)19(30)25-9-3-6-14(25)17(28)24-13(20(31)32)11-16(23)27/h12-15H,1-11,21-22H2,(H2,23,27)(H,24,28)(H,31,32). The summed E-state index contributed by atoms with van der Waals surface area (Å²) in [6.07, 6.45) is 3.48. The molecule has 0 aromatic carbocycles. The molecule has 2 aliphatic rings. The number of amides is 4. The molecule has 0 aromatic rings.